The predicted octanol–water partition coefficient (Wildman–Crippen LogP) is 6.13. The molecule has 2 N–H and O–H groups in total. The van der Waals surface area contributed by atoms with Gasteiger partial charge >= 0.3 is 0 Å². The molecule has 170 valence electrons. The molecule has 5 aromatic rings. The first-order valence-electron chi connectivity index (χ1n) is 10.6. The van der Waals surface area contributed by atoms with Crippen LogP contribution in [0.4, 0.5) is 10.8 Å². The number of aromatic nitrogens is 2. The Morgan fingerprint density at radius 2 is 1.76 bits per heavy atom. The lowest BCUT2D eigenvalue weighted by Gasteiger charge is -2.08. The highest BCUT2D eigenvalue weighted by atomic mass is 32.2. The number of nitrogens with one attached hydrogen (secondary N) is 2. The molecule has 5 rings (SSSR count). The van der Waals surface area contributed by atoms with Gasteiger partial charge in [0.1, 0.15) is 0 Å². The number of carbonyl (C=O) groups excluding carboxylic acids is 2. The molecule has 0 saturated heterocycles. The Kier molecular flexibility index (Phi) is 6.57. The molecule has 0 atom stereocenters. The van der Waals surface area contributed by atoms with Gasteiger partial charge in [0.15, 0.2) is 9.47 Å². The summed E-state index contributed by atoms with van der Waals surface area (Å²) in [6, 6.07) is 19.8. The molecule has 0 aliphatic carbocycles. The Labute approximate surface area is 208 Å². The van der Waals surface area contributed by atoms with Crippen LogP contribution in [0.5, 0.6) is 0 Å². The van der Waals surface area contributed by atoms with Crippen LogP contribution in [0.3, 0.4) is 0 Å². The van der Waals surface area contributed by atoms with Crippen molar-refractivity contribution in [2.24, 2.45) is 0 Å². The average Bonchev–Trinajstić information content (AvgIpc) is 3.45. The predicted molar refractivity (Wildman–Crippen MR) is 142 cm³/mol. The first-order chi connectivity index (χ1) is 16.5. The monoisotopic (exact) mass is 504 g/mol. The van der Waals surface area contributed by atoms with Gasteiger partial charge in [-0.25, -0.2) is 9.97 Å². The van der Waals surface area contributed by atoms with E-state index in [-0.39, 0.29) is 24.0 Å². The van der Waals surface area contributed by atoms with E-state index in [9.17, 15) is 9.59 Å². The van der Waals surface area contributed by atoms with Gasteiger partial charge in [0, 0.05) is 16.5 Å². The lowest BCUT2D eigenvalue weighted by Crippen LogP contribution is -2.14. The van der Waals surface area contributed by atoms with E-state index in [1.807, 2.05) is 73.0 Å². The minimum Gasteiger partial charge on any atom is -0.325 e. The van der Waals surface area contributed by atoms with Crippen molar-refractivity contribution < 1.29 is 9.59 Å². The first-order valence-corrected chi connectivity index (χ1v) is 13.2. The fraction of sp³-hybridized carbons (Fsp3) is 0.120. The van der Waals surface area contributed by atoms with E-state index in [4.69, 9.17) is 0 Å². The Hall–Kier alpha value is -3.27. The number of thioether (sulfide) groups is 1. The third kappa shape index (κ3) is 5.11. The molecule has 0 spiro atoms. The molecule has 6 nitrogen and oxygen atoms in total. The zero-order chi connectivity index (χ0) is 23.5. The molecule has 2 aromatic heterocycles. The molecule has 0 fully saturated rings. The summed E-state index contributed by atoms with van der Waals surface area (Å²) < 4.78 is 1.80. The van der Waals surface area contributed by atoms with Crippen molar-refractivity contribution >= 4 is 78.1 Å². The number of hydrogen-bond donors (Lipinski definition) is 2. The number of anilines is 2. The van der Waals surface area contributed by atoms with Gasteiger partial charge in [0.05, 0.1) is 28.1 Å². The summed E-state index contributed by atoms with van der Waals surface area (Å²) in [5.74, 6) is -0.0119. The molecule has 0 unspecified atom stereocenters. The smallest absolute Gasteiger partial charge is 0.234 e. The fourth-order valence-corrected chi connectivity index (χ4v) is 6.16. The van der Waals surface area contributed by atoms with Crippen LogP contribution in [0.15, 0.2) is 70.4 Å². The van der Waals surface area contributed by atoms with Gasteiger partial charge in [-0.1, -0.05) is 71.6 Å². The highest BCUT2D eigenvalue weighted by molar-refractivity contribution is 8.01. The molecule has 9 heteroatoms. The van der Waals surface area contributed by atoms with Crippen LogP contribution in [0, 0.1) is 6.92 Å². The third-order valence-corrected chi connectivity index (χ3v) is 8.14. The third-order valence-electron chi connectivity index (χ3n) is 5.13. The summed E-state index contributed by atoms with van der Waals surface area (Å²) in [6.07, 6.45) is 0.161. The SMILES string of the molecule is Cc1cccc2sc(NC(=O)Cc3csc(SCC(=O)Nc4cccc5ccccc45)n3)nc12. The molecule has 0 bridgehead atoms. The topological polar surface area (TPSA) is 84.0 Å². The fourth-order valence-electron chi connectivity index (χ4n) is 3.55. The van der Waals surface area contributed by atoms with Crippen LogP contribution in [0.1, 0.15) is 11.3 Å². The van der Waals surface area contributed by atoms with Gasteiger partial charge in [-0.2, -0.15) is 0 Å². The summed E-state index contributed by atoms with van der Waals surface area (Å²) in [7, 11) is 0. The van der Waals surface area contributed by atoms with E-state index < -0.39 is 0 Å². The number of para-hydroxylation sites is 1. The van der Waals surface area contributed by atoms with Crippen LogP contribution in [-0.4, -0.2) is 27.5 Å². The second-order valence-corrected chi connectivity index (χ2v) is 10.7. The highest BCUT2D eigenvalue weighted by Gasteiger charge is 2.13. The molecule has 0 aliphatic rings. The summed E-state index contributed by atoms with van der Waals surface area (Å²) in [5.41, 5.74) is 3.47. The normalized spacial score (nSPS) is 11.1. The largest absolute Gasteiger partial charge is 0.325 e. The molecular formula is C25H20N4O2S3. The zero-order valence-electron chi connectivity index (χ0n) is 18.2. The van der Waals surface area contributed by atoms with E-state index in [1.54, 1.807) is 0 Å². The summed E-state index contributed by atoms with van der Waals surface area (Å²) >= 11 is 4.25. The molecule has 2 amide bonds. The van der Waals surface area contributed by atoms with Gasteiger partial charge in [-0.15, -0.1) is 11.3 Å². The number of thiazole rings is 2. The summed E-state index contributed by atoms with van der Waals surface area (Å²) in [6.45, 7) is 2.00. The van der Waals surface area contributed by atoms with Gasteiger partial charge in [0.25, 0.3) is 0 Å². The van der Waals surface area contributed by atoms with Crippen LogP contribution in [0.2, 0.25) is 0 Å². The molecule has 2 heterocycles. The Bertz CT molecular complexity index is 1500. The second kappa shape index (κ2) is 9.92. The van der Waals surface area contributed by atoms with Crippen LogP contribution in [0.25, 0.3) is 21.0 Å². The van der Waals surface area contributed by atoms with Crippen molar-refractivity contribution in [3.8, 4) is 0 Å². The van der Waals surface area contributed by atoms with Crippen LogP contribution >= 0.6 is 34.4 Å². The van der Waals surface area contributed by atoms with Gasteiger partial charge < -0.3 is 10.6 Å². The number of hydrogen-bond acceptors (Lipinski definition) is 7. The van der Waals surface area contributed by atoms with Crippen molar-refractivity contribution in [3.63, 3.8) is 0 Å². The minimum atomic E-state index is -0.160. The molecule has 0 saturated carbocycles. The first kappa shape index (κ1) is 22.5. The Morgan fingerprint density at radius 3 is 2.65 bits per heavy atom. The van der Waals surface area contributed by atoms with Crippen molar-refractivity contribution in [2.45, 2.75) is 17.7 Å². The maximum Gasteiger partial charge on any atom is 0.234 e. The number of nitrogens with zero attached hydrogens (tertiary/aromatic N) is 2. The number of fused-ring (bicyclic) bond motifs is 2. The number of carbonyl (C=O) groups is 2. The lowest BCUT2D eigenvalue weighted by atomic mass is 10.1. The average molecular weight is 505 g/mol. The quantitative estimate of drug-likeness (QED) is 0.261. The van der Waals surface area contributed by atoms with Gasteiger partial charge in [-0.05, 0) is 30.0 Å². The van der Waals surface area contributed by atoms with E-state index >= 15 is 0 Å². The summed E-state index contributed by atoms with van der Waals surface area (Å²) in [4.78, 5) is 34.0. The maximum atomic E-state index is 12.5. The highest BCUT2D eigenvalue weighted by Crippen LogP contribution is 2.29. The number of rotatable bonds is 7. The van der Waals surface area contributed by atoms with E-state index in [0.717, 1.165) is 36.6 Å². The molecule has 3 aromatic carbocycles. The summed E-state index contributed by atoms with van der Waals surface area (Å²) in [5, 5.41) is 10.4. The molecule has 0 aliphatic heterocycles. The van der Waals surface area contributed by atoms with Crippen molar-refractivity contribution in [3.05, 3.63) is 77.3 Å². The lowest BCUT2D eigenvalue weighted by molar-refractivity contribution is -0.116. The van der Waals surface area contributed by atoms with Crippen molar-refractivity contribution in [1.29, 1.82) is 0 Å². The van der Waals surface area contributed by atoms with Gasteiger partial charge in [0.2, 0.25) is 11.8 Å². The standard InChI is InChI=1S/C25H20N4O2S3/c1-15-6-4-11-20-23(15)29-24(34-20)28-21(30)12-17-13-32-25(26-17)33-14-22(31)27-19-10-5-8-16-7-2-3-9-18(16)19/h2-11,13H,12,14H2,1H3,(H,27,31)(H,28,29,30). The van der Waals surface area contributed by atoms with E-state index in [1.165, 1.54) is 34.4 Å². The molecule has 34 heavy (non-hydrogen) atoms. The Morgan fingerprint density at radius 1 is 0.941 bits per heavy atom. The van der Waals surface area contributed by atoms with E-state index in [2.05, 4.69) is 20.6 Å². The van der Waals surface area contributed by atoms with Gasteiger partial charge in [-0.3, -0.25) is 9.59 Å². The van der Waals surface area contributed by atoms with Crippen LogP contribution < -0.4 is 10.6 Å². The molecular weight excluding hydrogens is 485 g/mol. The van der Waals surface area contributed by atoms with Crippen molar-refractivity contribution in [1.82, 2.24) is 9.97 Å². The number of benzene rings is 3. The number of amides is 2. The minimum absolute atomic E-state index is 0.0954. The second-order valence-electron chi connectivity index (χ2n) is 7.63. The zero-order valence-corrected chi connectivity index (χ0v) is 20.7. The number of aryl methyl sites for hydroxylation is 1. The Balaban J connectivity index is 1.15. The van der Waals surface area contributed by atoms with E-state index in [0.29, 0.717) is 10.8 Å². The molecule has 0 radical (unpaired) electrons. The van der Waals surface area contributed by atoms with Crippen LogP contribution in [-0.2, 0) is 16.0 Å². The van der Waals surface area contributed by atoms with Crippen molar-refractivity contribution in [2.75, 3.05) is 16.4 Å². The maximum absolute atomic E-state index is 12.5.